The lowest BCUT2D eigenvalue weighted by Gasteiger charge is -2.14. The Morgan fingerprint density at radius 3 is 2.58 bits per heavy atom. The normalized spacial score (nSPS) is 11.9. The fourth-order valence-corrected chi connectivity index (χ4v) is 1.32. The fourth-order valence-electron chi connectivity index (χ4n) is 1.32. The lowest BCUT2D eigenvalue weighted by Crippen LogP contribution is -2.46. The zero-order valence-corrected chi connectivity index (χ0v) is 11.6. The second kappa shape index (κ2) is 11.7. The van der Waals surface area contributed by atoms with Crippen LogP contribution in [0.25, 0.3) is 0 Å². The van der Waals surface area contributed by atoms with Crippen molar-refractivity contribution >= 4 is 12.0 Å². The number of amides is 2. The van der Waals surface area contributed by atoms with Crippen molar-refractivity contribution in [2.75, 3.05) is 33.5 Å². The van der Waals surface area contributed by atoms with E-state index in [2.05, 4.69) is 10.6 Å². The summed E-state index contributed by atoms with van der Waals surface area (Å²) in [6.07, 6.45) is 1.90. The molecule has 0 heterocycles. The van der Waals surface area contributed by atoms with Gasteiger partial charge in [0.2, 0.25) is 0 Å². The second-order valence-electron chi connectivity index (χ2n) is 4.04. The molecule has 0 bridgehead atoms. The summed E-state index contributed by atoms with van der Waals surface area (Å²) < 4.78 is 10.0. The molecule has 0 rings (SSSR count). The molecule has 112 valence electrons. The fraction of sp³-hybridized carbons (Fsp3) is 0.833. The predicted octanol–water partition coefficient (Wildman–Crippen LogP) is 0.592. The molecule has 0 aromatic heterocycles. The van der Waals surface area contributed by atoms with Gasteiger partial charge in [-0.15, -0.1) is 0 Å². The molecule has 2 amide bonds. The lowest BCUT2D eigenvalue weighted by atomic mass is 10.2. The minimum Gasteiger partial charge on any atom is -0.480 e. The molecule has 0 saturated heterocycles. The Kier molecular flexibility index (Phi) is 10.9. The van der Waals surface area contributed by atoms with E-state index >= 15 is 0 Å². The van der Waals surface area contributed by atoms with Gasteiger partial charge in [-0.3, -0.25) is 0 Å². The Morgan fingerprint density at radius 1 is 1.26 bits per heavy atom. The molecule has 0 fully saturated rings. The van der Waals surface area contributed by atoms with E-state index in [0.717, 1.165) is 6.42 Å². The average Bonchev–Trinajstić information content (AvgIpc) is 2.38. The summed E-state index contributed by atoms with van der Waals surface area (Å²) in [4.78, 5) is 22.3. The highest BCUT2D eigenvalue weighted by molar-refractivity contribution is 5.82. The lowest BCUT2D eigenvalue weighted by molar-refractivity contribution is -0.139. The maximum absolute atomic E-state index is 11.4. The van der Waals surface area contributed by atoms with Crippen LogP contribution in [0, 0.1) is 0 Å². The van der Waals surface area contributed by atoms with Gasteiger partial charge in [-0.1, -0.05) is 6.92 Å². The van der Waals surface area contributed by atoms with Gasteiger partial charge >= 0.3 is 12.0 Å². The van der Waals surface area contributed by atoms with Crippen molar-refractivity contribution in [2.45, 2.75) is 32.2 Å². The second-order valence-corrected chi connectivity index (χ2v) is 4.04. The number of aliphatic carboxylic acids is 1. The Morgan fingerprint density at radius 2 is 2.00 bits per heavy atom. The molecule has 0 aliphatic heterocycles. The summed E-state index contributed by atoms with van der Waals surface area (Å²) >= 11 is 0. The monoisotopic (exact) mass is 276 g/mol. The van der Waals surface area contributed by atoms with Gasteiger partial charge in [0.25, 0.3) is 0 Å². The number of nitrogens with one attached hydrogen (secondary N) is 2. The van der Waals surface area contributed by atoms with E-state index in [1.807, 2.05) is 6.92 Å². The standard InChI is InChI=1S/C12H24N2O5/c1-3-7-19-8-4-6-13-12(17)14-10(11(15)16)5-9-18-2/h10H,3-9H2,1-2H3,(H,15,16)(H2,13,14,17). The van der Waals surface area contributed by atoms with Crippen LogP contribution in [0.1, 0.15) is 26.2 Å². The maximum Gasteiger partial charge on any atom is 0.326 e. The molecule has 7 heteroatoms. The number of ether oxygens (including phenoxy) is 2. The number of hydrogen-bond donors (Lipinski definition) is 3. The molecule has 0 aromatic carbocycles. The number of carboxylic acids is 1. The van der Waals surface area contributed by atoms with Crippen molar-refractivity contribution in [3.8, 4) is 0 Å². The minimum absolute atomic E-state index is 0.235. The number of hydrogen-bond acceptors (Lipinski definition) is 4. The predicted molar refractivity (Wildman–Crippen MR) is 70.2 cm³/mol. The summed E-state index contributed by atoms with van der Waals surface area (Å²) in [6.45, 7) is 4.05. The Labute approximate surface area is 113 Å². The molecule has 0 spiro atoms. The summed E-state index contributed by atoms with van der Waals surface area (Å²) in [5, 5.41) is 13.9. The van der Waals surface area contributed by atoms with Crippen LogP contribution in [0.15, 0.2) is 0 Å². The largest absolute Gasteiger partial charge is 0.480 e. The number of carboxylic acid groups (broad SMARTS) is 1. The topological polar surface area (TPSA) is 96.9 Å². The molecule has 7 nitrogen and oxygen atoms in total. The van der Waals surface area contributed by atoms with E-state index in [0.29, 0.717) is 26.2 Å². The van der Waals surface area contributed by atoms with E-state index < -0.39 is 18.0 Å². The number of urea groups is 1. The van der Waals surface area contributed by atoms with E-state index in [1.54, 1.807) is 0 Å². The van der Waals surface area contributed by atoms with Gasteiger partial charge in [-0.2, -0.15) is 0 Å². The van der Waals surface area contributed by atoms with Crippen LogP contribution in [-0.2, 0) is 14.3 Å². The van der Waals surface area contributed by atoms with Gasteiger partial charge in [0.05, 0.1) is 0 Å². The molecule has 0 aromatic rings. The molecule has 3 N–H and O–H groups in total. The molecular weight excluding hydrogens is 252 g/mol. The van der Waals surface area contributed by atoms with Gasteiger partial charge in [0, 0.05) is 39.9 Å². The van der Waals surface area contributed by atoms with Crippen molar-refractivity contribution in [3.05, 3.63) is 0 Å². The zero-order valence-electron chi connectivity index (χ0n) is 11.6. The highest BCUT2D eigenvalue weighted by Crippen LogP contribution is 1.93. The van der Waals surface area contributed by atoms with Crippen LogP contribution >= 0.6 is 0 Å². The van der Waals surface area contributed by atoms with E-state index in [-0.39, 0.29) is 13.0 Å². The van der Waals surface area contributed by atoms with Crippen molar-refractivity contribution in [2.24, 2.45) is 0 Å². The highest BCUT2D eigenvalue weighted by Gasteiger charge is 2.18. The van der Waals surface area contributed by atoms with Crippen molar-refractivity contribution in [3.63, 3.8) is 0 Å². The first kappa shape index (κ1) is 17.7. The first-order valence-electron chi connectivity index (χ1n) is 6.45. The summed E-state index contributed by atoms with van der Waals surface area (Å²) in [5.74, 6) is -1.07. The third kappa shape index (κ3) is 10.3. The zero-order chi connectivity index (χ0) is 14.5. The number of carbonyl (C=O) groups excluding carboxylic acids is 1. The van der Waals surface area contributed by atoms with Gasteiger partial charge in [-0.25, -0.2) is 9.59 Å². The van der Waals surface area contributed by atoms with Crippen LogP contribution in [0.3, 0.4) is 0 Å². The van der Waals surface area contributed by atoms with Crippen LogP contribution in [0.4, 0.5) is 4.79 Å². The van der Waals surface area contributed by atoms with Gasteiger partial charge in [0.15, 0.2) is 0 Å². The molecule has 19 heavy (non-hydrogen) atoms. The maximum atomic E-state index is 11.4. The molecular formula is C12H24N2O5. The first-order valence-corrected chi connectivity index (χ1v) is 6.45. The van der Waals surface area contributed by atoms with Gasteiger partial charge in [0.1, 0.15) is 6.04 Å². The highest BCUT2D eigenvalue weighted by atomic mass is 16.5. The summed E-state index contributed by atoms with van der Waals surface area (Å²) in [7, 11) is 1.48. The molecule has 0 saturated carbocycles. The van der Waals surface area contributed by atoms with E-state index in [9.17, 15) is 9.59 Å². The van der Waals surface area contributed by atoms with Crippen molar-refractivity contribution in [1.82, 2.24) is 10.6 Å². The third-order valence-corrected chi connectivity index (χ3v) is 2.31. The van der Waals surface area contributed by atoms with Gasteiger partial charge < -0.3 is 25.2 Å². The third-order valence-electron chi connectivity index (χ3n) is 2.31. The molecule has 0 aliphatic carbocycles. The molecule has 1 atom stereocenters. The number of carbonyl (C=O) groups is 2. The van der Waals surface area contributed by atoms with Crippen molar-refractivity contribution < 1.29 is 24.2 Å². The van der Waals surface area contributed by atoms with Crippen molar-refractivity contribution in [1.29, 1.82) is 0 Å². The van der Waals surface area contributed by atoms with Crippen LogP contribution in [0.2, 0.25) is 0 Å². The molecule has 1 unspecified atom stereocenters. The Balaban J connectivity index is 3.71. The Hall–Kier alpha value is -1.34. The van der Waals surface area contributed by atoms with E-state index in [1.165, 1.54) is 7.11 Å². The van der Waals surface area contributed by atoms with E-state index in [4.69, 9.17) is 14.6 Å². The SMILES string of the molecule is CCCOCCCNC(=O)NC(CCOC)C(=O)O. The quantitative estimate of drug-likeness (QED) is 0.480. The van der Waals surface area contributed by atoms with Crippen LogP contribution < -0.4 is 10.6 Å². The number of rotatable bonds is 11. The van der Waals surface area contributed by atoms with Crippen LogP contribution in [0.5, 0.6) is 0 Å². The average molecular weight is 276 g/mol. The van der Waals surface area contributed by atoms with Crippen LogP contribution in [-0.4, -0.2) is 56.6 Å². The first-order chi connectivity index (χ1) is 9.11. The molecule has 0 radical (unpaired) electrons. The Bertz CT molecular complexity index is 261. The summed E-state index contributed by atoms with van der Waals surface area (Å²) in [6, 6.07) is -1.42. The smallest absolute Gasteiger partial charge is 0.326 e. The summed E-state index contributed by atoms with van der Waals surface area (Å²) in [5.41, 5.74) is 0. The number of methoxy groups -OCH3 is 1. The minimum atomic E-state index is -1.07. The van der Waals surface area contributed by atoms with Gasteiger partial charge in [-0.05, 0) is 12.8 Å². The molecule has 0 aliphatic rings.